The predicted molar refractivity (Wildman–Crippen MR) is 68.3 cm³/mol. The van der Waals surface area contributed by atoms with Crippen LogP contribution in [-0.2, 0) is 11.3 Å². The Morgan fingerprint density at radius 3 is 2.84 bits per heavy atom. The third-order valence-corrected chi connectivity index (χ3v) is 3.54. The van der Waals surface area contributed by atoms with Crippen molar-refractivity contribution in [2.45, 2.75) is 32.0 Å². The summed E-state index contributed by atoms with van der Waals surface area (Å²) < 4.78 is 19.0. The summed E-state index contributed by atoms with van der Waals surface area (Å²) in [5.74, 6) is -0.786. The van der Waals surface area contributed by atoms with E-state index in [-0.39, 0.29) is 6.10 Å². The van der Waals surface area contributed by atoms with E-state index in [9.17, 15) is 14.5 Å². The standard InChI is InChI=1S/C13H17FN2O3/c1-9-12(5-6-19-9)15(2)8-10-3-4-13(16(17)18)11(14)7-10/h3-4,7,9,12H,5-6,8H2,1-2H3. The molecule has 5 nitrogen and oxygen atoms in total. The second-order valence-electron chi connectivity index (χ2n) is 4.89. The lowest BCUT2D eigenvalue weighted by molar-refractivity contribution is -0.387. The maximum absolute atomic E-state index is 13.5. The molecule has 0 spiro atoms. The van der Waals surface area contributed by atoms with E-state index in [0.717, 1.165) is 18.6 Å². The van der Waals surface area contributed by atoms with Crippen LogP contribution in [0, 0.1) is 15.9 Å². The number of nitro groups is 1. The Morgan fingerprint density at radius 1 is 1.58 bits per heavy atom. The third-order valence-electron chi connectivity index (χ3n) is 3.54. The molecule has 104 valence electrons. The lowest BCUT2D eigenvalue weighted by Gasteiger charge is -2.26. The van der Waals surface area contributed by atoms with Crippen LogP contribution in [-0.4, -0.2) is 35.6 Å². The van der Waals surface area contributed by atoms with Crippen molar-refractivity contribution >= 4 is 5.69 Å². The van der Waals surface area contributed by atoms with Crippen LogP contribution < -0.4 is 0 Å². The molecule has 0 N–H and O–H groups in total. The molecule has 1 saturated heterocycles. The van der Waals surface area contributed by atoms with Gasteiger partial charge in [-0.3, -0.25) is 15.0 Å². The molecule has 2 rings (SSSR count). The molecule has 0 amide bonds. The van der Waals surface area contributed by atoms with Gasteiger partial charge in [-0.15, -0.1) is 0 Å². The highest BCUT2D eigenvalue weighted by atomic mass is 19.1. The van der Waals surface area contributed by atoms with E-state index in [0.29, 0.717) is 12.6 Å². The SMILES string of the molecule is CC1OCCC1N(C)Cc1ccc([N+](=O)[O-])c(F)c1. The zero-order chi connectivity index (χ0) is 14.0. The summed E-state index contributed by atoms with van der Waals surface area (Å²) in [6.07, 6.45) is 1.11. The molecule has 0 aliphatic carbocycles. The molecule has 2 atom stereocenters. The normalized spacial score (nSPS) is 22.9. The van der Waals surface area contributed by atoms with Crippen LogP contribution in [0.25, 0.3) is 0 Å². The Morgan fingerprint density at radius 2 is 2.32 bits per heavy atom. The molecule has 1 aromatic carbocycles. The molecular weight excluding hydrogens is 251 g/mol. The fourth-order valence-corrected chi connectivity index (χ4v) is 2.50. The second kappa shape index (κ2) is 5.63. The average molecular weight is 268 g/mol. The number of hydrogen-bond acceptors (Lipinski definition) is 4. The third kappa shape index (κ3) is 3.08. The van der Waals surface area contributed by atoms with Crippen LogP contribution >= 0.6 is 0 Å². The molecule has 6 heteroatoms. The minimum atomic E-state index is -0.786. The molecule has 1 aromatic rings. The Bertz CT molecular complexity index is 481. The smallest absolute Gasteiger partial charge is 0.304 e. The number of likely N-dealkylation sites (N-methyl/N-ethyl adjacent to an activating group) is 1. The average Bonchev–Trinajstić information content (AvgIpc) is 2.75. The first-order valence-corrected chi connectivity index (χ1v) is 6.23. The Labute approximate surface area is 111 Å². The van der Waals surface area contributed by atoms with E-state index >= 15 is 0 Å². The maximum Gasteiger partial charge on any atom is 0.304 e. The summed E-state index contributed by atoms with van der Waals surface area (Å²) in [5, 5.41) is 10.5. The second-order valence-corrected chi connectivity index (χ2v) is 4.89. The van der Waals surface area contributed by atoms with Gasteiger partial charge in [0.25, 0.3) is 0 Å². The Hall–Kier alpha value is -1.53. The summed E-state index contributed by atoms with van der Waals surface area (Å²) in [6, 6.07) is 4.35. The van der Waals surface area contributed by atoms with Gasteiger partial charge in [0.1, 0.15) is 0 Å². The molecule has 1 aliphatic heterocycles. The minimum absolute atomic E-state index is 0.160. The van der Waals surface area contributed by atoms with E-state index in [1.807, 2.05) is 14.0 Å². The van der Waals surface area contributed by atoms with Crippen molar-refractivity contribution in [2.24, 2.45) is 0 Å². The van der Waals surface area contributed by atoms with Gasteiger partial charge in [0.15, 0.2) is 0 Å². The zero-order valence-corrected chi connectivity index (χ0v) is 11.0. The topological polar surface area (TPSA) is 55.6 Å². The summed E-state index contributed by atoms with van der Waals surface area (Å²) in [7, 11) is 1.95. The highest BCUT2D eigenvalue weighted by Crippen LogP contribution is 2.22. The minimum Gasteiger partial charge on any atom is -0.377 e. The van der Waals surface area contributed by atoms with Crippen LogP contribution in [0.1, 0.15) is 18.9 Å². The number of rotatable bonds is 4. The van der Waals surface area contributed by atoms with E-state index < -0.39 is 16.4 Å². The zero-order valence-electron chi connectivity index (χ0n) is 11.0. The van der Waals surface area contributed by atoms with Crippen LogP contribution in [0.5, 0.6) is 0 Å². The van der Waals surface area contributed by atoms with Gasteiger partial charge in [0.05, 0.1) is 11.0 Å². The number of benzene rings is 1. The van der Waals surface area contributed by atoms with Gasteiger partial charge in [0, 0.05) is 25.3 Å². The van der Waals surface area contributed by atoms with Gasteiger partial charge >= 0.3 is 5.69 Å². The van der Waals surface area contributed by atoms with E-state index in [4.69, 9.17) is 4.74 Å². The summed E-state index contributed by atoms with van der Waals surface area (Å²) in [5.41, 5.74) is 0.244. The molecule has 0 aromatic heterocycles. The molecule has 1 heterocycles. The first-order valence-electron chi connectivity index (χ1n) is 6.23. The molecule has 1 fully saturated rings. The fraction of sp³-hybridized carbons (Fsp3) is 0.538. The molecule has 0 radical (unpaired) electrons. The maximum atomic E-state index is 13.5. The van der Waals surface area contributed by atoms with E-state index in [1.54, 1.807) is 6.07 Å². The number of nitrogens with zero attached hydrogens (tertiary/aromatic N) is 2. The van der Waals surface area contributed by atoms with Crippen molar-refractivity contribution in [3.63, 3.8) is 0 Å². The van der Waals surface area contributed by atoms with Gasteiger partial charge in [-0.25, -0.2) is 0 Å². The fourth-order valence-electron chi connectivity index (χ4n) is 2.50. The summed E-state index contributed by atoms with van der Waals surface area (Å²) >= 11 is 0. The summed E-state index contributed by atoms with van der Waals surface area (Å²) in [6.45, 7) is 3.31. The molecule has 0 saturated carbocycles. The number of ether oxygens (including phenoxy) is 1. The van der Waals surface area contributed by atoms with Crippen molar-refractivity contribution in [3.05, 3.63) is 39.7 Å². The van der Waals surface area contributed by atoms with Crippen LogP contribution in [0.15, 0.2) is 18.2 Å². The van der Waals surface area contributed by atoms with Crippen molar-refractivity contribution in [1.29, 1.82) is 0 Å². The molecule has 2 unspecified atom stereocenters. The molecule has 0 bridgehead atoms. The first-order chi connectivity index (χ1) is 8.99. The number of halogens is 1. The first kappa shape index (κ1) is 13.9. The van der Waals surface area contributed by atoms with Gasteiger partial charge in [-0.1, -0.05) is 6.07 Å². The highest BCUT2D eigenvalue weighted by molar-refractivity contribution is 5.35. The van der Waals surface area contributed by atoms with Crippen molar-refractivity contribution in [3.8, 4) is 0 Å². The number of nitro benzene ring substituents is 1. The van der Waals surface area contributed by atoms with Crippen molar-refractivity contribution < 1.29 is 14.1 Å². The highest BCUT2D eigenvalue weighted by Gasteiger charge is 2.28. The van der Waals surface area contributed by atoms with Crippen LogP contribution in [0.4, 0.5) is 10.1 Å². The quantitative estimate of drug-likeness (QED) is 0.621. The lowest BCUT2D eigenvalue weighted by atomic mass is 10.1. The molecular formula is C13H17FN2O3. The largest absolute Gasteiger partial charge is 0.377 e. The van der Waals surface area contributed by atoms with Gasteiger partial charge < -0.3 is 4.74 Å². The molecule has 19 heavy (non-hydrogen) atoms. The van der Waals surface area contributed by atoms with Crippen molar-refractivity contribution in [1.82, 2.24) is 4.90 Å². The summed E-state index contributed by atoms with van der Waals surface area (Å²) in [4.78, 5) is 11.9. The van der Waals surface area contributed by atoms with E-state index in [1.165, 1.54) is 12.1 Å². The van der Waals surface area contributed by atoms with Crippen LogP contribution in [0.3, 0.4) is 0 Å². The van der Waals surface area contributed by atoms with Crippen molar-refractivity contribution in [2.75, 3.05) is 13.7 Å². The Balaban J connectivity index is 2.07. The van der Waals surface area contributed by atoms with Gasteiger partial charge in [-0.2, -0.15) is 4.39 Å². The Kier molecular flexibility index (Phi) is 4.11. The molecule has 1 aliphatic rings. The monoisotopic (exact) mass is 268 g/mol. The number of hydrogen-bond donors (Lipinski definition) is 0. The van der Waals surface area contributed by atoms with Gasteiger partial charge in [0.2, 0.25) is 5.82 Å². The lowest BCUT2D eigenvalue weighted by Crippen LogP contribution is -2.36. The van der Waals surface area contributed by atoms with E-state index in [2.05, 4.69) is 4.90 Å². The van der Waals surface area contributed by atoms with Gasteiger partial charge in [-0.05, 0) is 32.0 Å². The van der Waals surface area contributed by atoms with Crippen LogP contribution in [0.2, 0.25) is 0 Å². The predicted octanol–water partition coefficient (Wildman–Crippen LogP) is 2.34.